The van der Waals surface area contributed by atoms with Crippen molar-refractivity contribution in [3.05, 3.63) is 63.9 Å². The molecule has 0 aliphatic carbocycles. The molecule has 2 rings (SSSR count). The number of aliphatic hydroxyl groups excluding tert-OH is 2. The summed E-state index contributed by atoms with van der Waals surface area (Å²) in [7, 11) is 0. The van der Waals surface area contributed by atoms with E-state index in [2.05, 4.69) is 26.2 Å². The van der Waals surface area contributed by atoms with Crippen LogP contribution in [0.15, 0.2) is 47.2 Å². The van der Waals surface area contributed by atoms with E-state index in [1.807, 2.05) is 30.3 Å². The van der Waals surface area contributed by atoms with Crippen molar-refractivity contribution in [3.63, 3.8) is 0 Å². The first-order chi connectivity index (χ1) is 10.2. The number of benzene rings is 1. The molecule has 0 bridgehead atoms. The van der Waals surface area contributed by atoms with Gasteiger partial charge in [0.05, 0.1) is 6.61 Å². The zero-order chi connectivity index (χ0) is 15.1. The van der Waals surface area contributed by atoms with Gasteiger partial charge in [-0.25, -0.2) is 0 Å². The summed E-state index contributed by atoms with van der Waals surface area (Å²) in [5.74, 6) is 0. The fourth-order valence-electron chi connectivity index (χ4n) is 2.19. The molecule has 0 saturated heterocycles. The van der Waals surface area contributed by atoms with E-state index in [0.717, 1.165) is 34.1 Å². The lowest BCUT2D eigenvalue weighted by Gasteiger charge is -2.16. The fourth-order valence-corrected chi connectivity index (χ4v) is 2.57. The van der Waals surface area contributed by atoms with E-state index in [1.54, 1.807) is 12.4 Å². The Bertz CT molecular complexity index is 563. The molecule has 1 aromatic carbocycles. The Morgan fingerprint density at radius 2 is 2.10 bits per heavy atom. The monoisotopic (exact) mass is 350 g/mol. The maximum atomic E-state index is 10.6. The van der Waals surface area contributed by atoms with Gasteiger partial charge >= 0.3 is 0 Å². The van der Waals surface area contributed by atoms with Gasteiger partial charge in [-0.15, -0.1) is 0 Å². The molecule has 4 nitrogen and oxygen atoms in total. The molecular formula is C16H19BrN2O2. The van der Waals surface area contributed by atoms with E-state index in [-0.39, 0.29) is 6.61 Å². The van der Waals surface area contributed by atoms with Gasteiger partial charge in [-0.2, -0.15) is 0 Å². The van der Waals surface area contributed by atoms with E-state index in [9.17, 15) is 5.11 Å². The van der Waals surface area contributed by atoms with Gasteiger partial charge in [0.1, 0.15) is 6.10 Å². The van der Waals surface area contributed by atoms with E-state index in [0.29, 0.717) is 6.54 Å². The first kappa shape index (κ1) is 16.1. The second kappa shape index (κ2) is 8.24. The molecule has 0 aliphatic heterocycles. The molecule has 5 heteroatoms. The highest BCUT2D eigenvalue weighted by Gasteiger charge is 2.15. The van der Waals surface area contributed by atoms with Gasteiger partial charge in [0.15, 0.2) is 0 Å². The quantitative estimate of drug-likeness (QED) is 0.668. The molecule has 0 radical (unpaired) electrons. The van der Waals surface area contributed by atoms with Crippen LogP contribution in [0.2, 0.25) is 0 Å². The van der Waals surface area contributed by atoms with Gasteiger partial charge in [-0.1, -0.05) is 28.1 Å². The number of aliphatic hydroxyl groups is 2. The van der Waals surface area contributed by atoms with Crippen LogP contribution in [0.1, 0.15) is 22.8 Å². The summed E-state index contributed by atoms with van der Waals surface area (Å²) in [6.45, 7) is 1.47. The Kier molecular flexibility index (Phi) is 6.32. The molecule has 1 heterocycles. The van der Waals surface area contributed by atoms with Crippen LogP contribution in [0.3, 0.4) is 0 Å². The molecule has 1 atom stereocenters. The number of nitrogens with one attached hydrogen (secondary N) is 1. The molecule has 2 aromatic rings. The Morgan fingerprint density at radius 1 is 1.24 bits per heavy atom. The molecule has 112 valence electrons. The summed E-state index contributed by atoms with van der Waals surface area (Å²) in [5, 5.41) is 22.5. The molecule has 21 heavy (non-hydrogen) atoms. The van der Waals surface area contributed by atoms with Crippen LogP contribution in [0.5, 0.6) is 0 Å². The summed E-state index contributed by atoms with van der Waals surface area (Å²) in [4.78, 5) is 4.06. The number of nitrogens with zero attached hydrogens (tertiary/aromatic N) is 1. The zero-order valence-electron chi connectivity index (χ0n) is 11.7. The third kappa shape index (κ3) is 4.61. The van der Waals surface area contributed by atoms with Gasteiger partial charge in [0.25, 0.3) is 0 Å². The first-order valence-corrected chi connectivity index (χ1v) is 7.69. The Labute approximate surface area is 133 Å². The number of pyridine rings is 1. The van der Waals surface area contributed by atoms with Crippen LogP contribution in [-0.4, -0.2) is 34.9 Å². The van der Waals surface area contributed by atoms with Crippen molar-refractivity contribution in [2.45, 2.75) is 12.5 Å². The summed E-state index contributed by atoms with van der Waals surface area (Å²) in [6.07, 6.45) is 3.47. The minimum Gasteiger partial charge on any atom is -0.395 e. The molecule has 0 saturated carbocycles. The van der Waals surface area contributed by atoms with Crippen molar-refractivity contribution in [2.75, 3.05) is 19.7 Å². The van der Waals surface area contributed by atoms with E-state index in [4.69, 9.17) is 5.11 Å². The Balaban J connectivity index is 2.18. The molecule has 1 unspecified atom stereocenters. The topological polar surface area (TPSA) is 65.4 Å². The van der Waals surface area contributed by atoms with E-state index < -0.39 is 6.10 Å². The van der Waals surface area contributed by atoms with Crippen LogP contribution in [0, 0.1) is 0 Å². The highest BCUT2D eigenvalue weighted by molar-refractivity contribution is 9.10. The summed E-state index contributed by atoms with van der Waals surface area (Å²) >= 11 is 3.45. The fraction of sp³-hybridized carbons (Fsp3) is 0.312. The predicted molar refractivity (Wildman–Crippen MR) is 86.1 cm³/mol. The second-order valence-corrected chi connectivity index (χ2v) is 5.67. The third-order valence-electron chi connectivity index (χ3n) is 3.26. The average molecular weight is 351 g/mol. The van der Waals surface area contributed by atoms with Gasteiger partial charge in [0.2, 0.25) is 0 Å². The number of aromatic nitrogens is 1. The molecule has 0 fully saturated rings. The van der Waals surface area contributed by atoms with E-state index >= 15 is 0 Å². The number of hydrogen-bond acceptors (Lipinski definition) is 4. The second-order valence-electron chi connectivity index (χ2n) is 4.76. The Hall–Kier alpha value is -1.27. The lowest BCUT2D eigenvalue weighted by molar-refractivity contribution is 0.218. The maximum absolute atomic E-state index is 10.6. The van der Waals surface area contributed by atoms with Gasteiger partial charge < -0.3 is 15.5 Å². The smallest absolute Gasteiger partial charge is 0.106 e. The molecule has 0 amide bonds. The minimum atomic E-state index is -0.691. The normalized spacial score (nSPS) is 12.3. The Morgan fingerprint density at radius 3 is 2.81 bits per heavy atom. The standard InChI is InChI=1S/C16H19BrN2O2/c17-14-4-3-12(5-7-18-8-9-20)15(10-14)16(21)13-2-1-6-19-11-13/h1-4,6,10-11,16,18,20-21H,5,7-9H2. The van der Waals surface area contributed by atoms with Gasteiger partial charge in [-0.05, 0) is 42.3 Å². The van der Waals surface area contributed by atoms with Crippen LogP contribution in [0.4, 0.5) is 0 Å². The van der Waals surface area contributed by atoms with Gasteiger partial charge in [-0.3, -0.25) is 4.98 Å². The molecule has 3 N–H and O–H groups in total. The van der Waals surface area contributed by atoms with E-state index in [1.165, 1.54) is 0 Å². The lowest BCUT2D eigenvalue weighted by atomic mass is 9.96. The van der Waals surface area contributed by atoms with Crippen molar-refractivity contribution in [1.82, 2.24) is 10.3 Å². The van der Waals surface area contributed by atoms with Crippen LogP contribution >= 0.6 is 15.9 Å². The van der Waals surface area contributed by atoms with Crippen molar-refractivity contribution in [1.29, 1.82) is 0 Å². The van der Waals surface area contributed by atoms with Crippen molar-refractivity contribution in [2.24, 2.45) is 0 Å². The largest absolute Gasteiger partial charge is 0.395 e. The number of hydrogen-bond donors (Lipinski definition) is 3. The van der Waals surface area contributed by atoms with Crippen molar-refractivity contribution in [3.8, 4) is 0 Å². The van der Waals surface area contributed by atoms with Crippen molar-refractivity contribution < 1.29 is 10.2 Å². The molecule has 0 aliphatic rings. The predicted octanol–water partition coefficient (Wildman–Crippen LogP) is 2.05. The van der Waals surface area contributed by atoms with Crippen LogP contribution in [-0.2, 0) is 6.42 Å². The first-order valence-electron chi connectivity index (χ1n) is 6.90. The molecule has 0 spiro atoms. The average Bonchev–Trinajstić information content (AvgIpc) is 2.53. The lowest BCUT2D eigenvalue weighted by Crippen LogP contribution is -2.21. The number of rotatable bonds is 7. The molecular weight excluding hydrogens is 332 g/mol. The van der Waals surface area contributed by atoms with Crippen LogP contribution < -0.4 is 5.32 Å². The molecule has 1 aromatic heterocycles. The number of halogens is 1. The zero-order valence-corrected chi connectivity index (χ0v) is 13.3. The highest BCUT2D eigenvalue weighted by Crippen LogP contribution is 2.27. The SMILES string of the molecule is OCCNCCc1ccc(Br)cc1C(O)c1cccnc1. The third-order valence-corrected chi connectivity index (χ3v) is 3.76. The summed E-state index contributed by atoms with van der Waals surface area (Å²) < 4.78 is 0.938. The minimum absolute atomic E-state index is 0.130. The van der Waals surface area contributed by atoms with Crippen LogP contribution in [0.25, 0.3) is 0 Å². The van der Waals surface area contributed by atoms with Crippen molar-refractivity contribution >= 4 is 15.9 Å². The summed E-state index contributed by atoms with van der Waals surface area (Å²) in [5.41, 5.74) is 2.74. The summed E-state index contributed by atoms with van der Waals surface area (Å²) in [6, 6.07) is 9.62. The van der Waals surface area contributed by atoms with Gasteiger partial charge in [0, 0.05) is 29.0 Å². The highest BCUT2D eigenvalue weighted by atomic mass is 79.9. The maximum Gasteiger partial charge on any atom is 0.106 e.